The van der Waals surface area contributed by atoms with Gasteiger partial charge in [0.05, 0.1) is 6.61 Å². The summed E-state index contributed by atoms with van der Waals surface area (Å²) >= 11 is 0. The summed E-state index contributed by atoms with van der Waals surface area (Å²) in [7, 11) is 0. The van der Waals surface area contributed by atoms with Crippen LogP contribution in [-0.2, 0) is 6.61 Å². The first kappa shape index (κ1) is 23.5. The Morgan fingerprint density at radius 2 is 1.45 bits per heavy atom. The van der Waals surface area contributed by atoms with Crippen molar-refractivity contribution in [1.29, 1.82) is 0 Å². The van der Waals surface area contributed by atoms with Crippen molar-refractivity contribution in [1.82, 2.24) is 0 Å². The van der Waals surface area contributed by atoms with Gasteiger partial charge in [-0.25, -0.2) is 0 Å². The maximum atomic E-state index is 8.88. The van der Waals surface area contributed by atoms with Gasteiger partial charge in [-0.2, -0.15) is 0 Å². The zero-order chi connectivity index (χ0) is 16.4. The molecule has 0 atom stereocenters. The second-order valence-electron chi connectivity index (χ2n) is 2.96. The Morgan fingerprint density at radius 3 is 1.75 bits per heavy atom. The van der Waals surface area contributed by atoms with Crippen LogP contribution in [0.5, 0.6) is 0 Å². The molecule has 0 aromatic heterocycles. The third-order valence-corrected chi connectivity index (χ3v) is 2.06. The molecule has 0 saturated heterocycles. The summed E-state index contributed by atoms with van der Waals surface area (Å²) in [5.74, 6) is 0. The van der Waals surface area contributed by atoms with Crippen molar-refractivity contribution in [2.45, 2.75) is 55.1 Å². The van der Waals surface area contributed by atoms with Gasteiger partial charge in [-0.3, -0.25) is 0 Å². The Kier molecular flexibility index (Phi) is 23.3. The highest BCUT2D eigenvalue weighted by atomic mass is 16.3. The van der Waals surface area contributed by atoms with Gasteiger partial charge in [-0.05, 0) is 35.9 Å². The molecule has 0 aliphatic heterocycles. The van der Waals surface area contributed by atoms with Crippen LogP contribution in [0.4, 0.5) is 0 Å². The van der Waals surface area contributed by atoms with Crippen LogP contribution in [0.3, 0.4) is 0 Å². The van der Waals surface area contributed by atoms with Gasteiger partial charge in [0.1, 0.15) is 0 Å². The SMILES string of the molecule is C/C=C(\C=C/N)c1ccc(CO)cc1.CC.CC.CC. The molecule has 2 heteroatoms. The average Bonchev–Trinajstić information content (AvgIpc) is 2.58. The number of benzene rings is 1. The van der Waals surface area contributed by atoms with Gasteiger partial charge in [0.15, 0.2) is 0 Å². The molecule has 0 bridgehead atoms. The molecule has 0 fully saturated rings. The molecule has 1 aromatic carbocycles. The zero-order valence-corrected chi connectivity index (χ0v) is 14.3. The minimum absolute atomic E-state index is 0.0815. The molecular formula is C18H33NO. The van der Waals surface area contributed by atoms with Gasteiger partial charge in [-0.15, -0.1) is 0 Å². The van der Waals surface area contributed by atoms with Crippen molar-refractivity contribution in [2.24, 2.45) is 5.73 Å². The van der Waals surface area contributed by atoms with E-state index in [4.69, 9.17) is 10.8 Å². The summed E-state index contributed by atoms with van der Waals surface area (Å²) in [4.78, 5) is 0. The van der Waals surface area contributed by atoms with E-state index in [1.807, 2.05) is 84.9 Å². The fraction of sp³-hybridized carbons (Fsp3) is 0.444. The highest BCUT2D eigenvalue weighted by Crippen LogP contribution is 2.16. The maximum Gasteiger partial charge on any atom is 0.0681 e. The summed E-state index contributed by atoms with van der Waals surface area (Å²) < 4.78 is 0. The largest absolute Gasteiger partial charge is 0.405 e. The number of nitrogens with two attached hydrogens (primary N) is 1. The molecule has 3 N–H and O–H groups in total. The van der Waals surface area contributed by atoms with E-state index in [9.17, 15) is 0 Å². The van der Waals surface area contributed by atoms with E-state index in [2.05, 4.69) is 0 Å². The Hall–Kier alpha value is -1.54. The van der Waals surface area contributed by atoms with E-state index in [-0.39, 0.29) is 6.61 Å². The lowest BCUT2D eigenvalue weighted by Crippen LogP contribution is -1.86. The smallest absolute Gasteiger partial charge is 0.0681 e. The second-order valence-corrected chi connectivity index (χ2v) is 2.96. The highest BCUT2D eigenvalue weighted by molar-refractivity contribution is 5.73. The number of allylic oxidation sites excluding steroid dienone is 3. The predicted octanol–water partition coefficient (Wildman–Crippen LogP) is 5.13. The number of hydrogen-bond acceptors (Lipinski definition) is 2. The van der Waals surface area contributed by atoms with Crippen LogP contribution < -0.4 is 5.73 Å². The van der Waals surface area contributed by atoms with Gasteiger partial charge in [0.2, 0.25) is 0 Å². The first-order valence-corrected chi connectivity index (χ1v) is 7.56. The van der Waals surface area contributed by atoms with E-state index in [0.29, 0.717) is 0 Å². The normalized spacial score (nSPS) is 9.50. The van der Waals surface area contributed by atoms with Crippen molar-refractivity contribution in [3.05, 3.63) is 53.7 Å². The van der Waals surface area contributed by atoms with Crippen LogP contribution in [-0.4, -0.2) is 5.11 Å². The standard InChI is InChI=1S/C12H15NO.3C2H6/c1-2-11(7-8-13)12-5-3-10(9-14)4-6-12;3*1-2/h2-8,14H,9,13H2,1H3;3*1-2H3/b8-7-,11-2+;;;. The van der Waals surface area contributed by atoms with Crippen LogP contribution >= 0.6 is 0 Å². The van der Waals surface area contributed by atoms with Gasteiger partial charge >= 0.3 is 0 Å². The molecule has 116 valence electrons. The molecule has 1 aromatic rings. The van der Waals surface area contributed by atoms with Gasteiger partial charge in [0, 0.05) is 0 Å². The van der Waals surface area contributed by atoms with Crippen molar-refractivity contribution >= 4 is 5.57 Å². The van der Waals surface area contributed by atoms with Crippen LogP contribution in [0.2, 0.25) is 0 Å². The van der Waals surface area contributed by atoms with E-state index < -0.39 is 0 Å². The predicted molar refractivity (Wildman–Crippen MR) is 93.4 cm³/mol. The van der Waals surface area contributed by atoms with Gasteiger partial charge < -0.3 is 10.8 Å². The zero-order valence-electron chi connectivity index (χ0n) is 14.3. The summed E-state index contributed by atoms with van der Waals surface area (Å²) in [6.45, 7) is 14.0. The minimum atomic E-state index is 0.0815. The van der Waals surface area contributed by atoms with Crippen LogP contribution in [0.15, 0.2) is 42.6 Å². The molecule has 2 nitrogen and oxygen atoms in total. The van der Waals surface area contributed by atoms with Crippen LogP contribution in [0, 0.1) is 0 Å². The fourth-order valence-electron chi connectivity index (χ4n) is 1.27. The van der Waals surface area contributed by atoms with E-state index >= 15 is 0 Å². The summed E-state index contributed by atoms with van der Waals surface area (Å²) in [5.41, 5.74) is 8.44. The molecule has 0 spiro atoms. The van der Waals surface area contributed by atoms with Gasteiger partial charge in [-0.1, -0.05) is 71.9 Å². The third-order valence-electron chi connectivity index (χ3n) is 2.06. The molecule has 0 saturated carbocycles. The summed E-state index contributed by atoms with van der Waals surface area (Å²) in [6.07, 6.45) is 5.38. The number of aliphatic hydroxyl groups is 1. The lowest BCUT2D eigenvalue weighted by atomic mass is 10.0. The molecule has 0 aliphatic carbocycles. The van der Waals surface area contributed by atoms with Crippen LogP contribution in [0.25, 0.3) is 5.57 Å². The number of hydrogen-bond donors (Lipinski definition) is 2. The number of rotatable bonds is 3. The molecular weight excluding hydrogens is 246 g/mol. The Morgan fingerprint density at radius 1 is 1.00 bits per heavy atom. The monoisotopic (exact) mass is 279 g/mol. The Bertz CT molecular complexity index is 337. The molecule has 20 heavy (non-hydrogen) atoms. The fourth-order valence-corrected chi connectivity index (χ4v) is 1.27. The minimum Gasteiger partial charge on any atom is -0.405 e. The topological polar surface area (TPSA) is 46.2 Å². The van der Waals surface area contributed by atoms with Crippen molar-refractivity contribution < 1.29 is 5.11 Å². The second kappa shape index (κ2) is 19.8. The third kappa shape index (κ3) is 10.4. The van der Waals surface area contributed by atoms with Crippen molar-refractivity contribution in [3.63, 3.8) is 0 Å². The van der Waals surface area contributed by atoms with Crippen molar-refractivity contribution in [2.75, 3.05) is 0 Å². The van der Waals surface area contributed by atoms with Crippen LogP contribution in [0.1, 0.15) is 59.6 Å². The van der Waals surface area contributed by atoms with Gasteiger partial charge in [0.25, 0.3) is 0 Å². The van der Waals surface area contributed by atoms with Crippen molar-refractivity contribution in [3.8, 4) is 0 Å². The lowest BCUT2D eigenvalue weighted by molar-refractivity contribution is 0.282. The highest BCUT2D eigenvalue weighted by Gasteiger charge is 1.96. The molecule has 0 radical (unpaired) electrons. The summed E-state index contributed by atoms with van der Waals surface area (Å²) in [5, 5.41) is 8.88. The quantitative estimate of drug-likeness (QED) is 0.753. The Balaban J connectivity index is -0.000000425. The molecule has 0 amide bonds. The van der Waals surface area contributed by atoms with E-state index in [0.717, 1.165) is 16.7 Å². The first-order valence-electron chi connectivity index (χ1n) is 7.56. The van der Waals surface area contributed by atoms with E-state index in [1.165, 1.54) is 6.20 Å². The van der Waals surface area contributed by atoms with E-state index in [1.54, 1.807) is 0 Å². The lowest BCUT2D eigenvalue weighted by Gasteiger charge is -2.02. The first-order chi connectivity index (χ1) is 9.81. The molecule has 0 aliphatic rings. The maximum absolute atomic E-state index is 8.88. The molecule has 1 rings (SSSR count). The number of aliphatic hydroxyl groups excluding tert-OH is 1. The average molecular weight is 279 g/mol. The Labute approximate surface area is 126 Å². The molecule has 0 heterocycles. The summed E-state index contributed by atoms with van der Waals surface area (Å²) in [6, 6.07) is 7.76. The molecule has 0 unspecified atom stereocenters.